The predicted octanol–water partition coefficient (Wildman–Crippen LogP) is 1.71. The highest BCUT2D eigenvalue weighted by Gasteiger charge is 2.09. The van der Waals surface area contributed by atoms with Crippen LogP contribution in [0.1, 0.15) is 11.6 Å². The van der Waals surface area contributed by atoms with Crippen LogP contribution < -0.4 is 0 Å². The molecule has 0 N–H and O–H groups in total. The SMILES string of the molecule is c1ccc(CCc2nc(-c3cnccn3)no2)nc1. The summed E-state index contributed by atoms with van der Waals surface area (Å²) in [5.41, 5.74) is 1.61. The highest BCUT2D eigenvalue weighted by atomic mass is 16.5. The van der Waals surface area contributed by atoms with Crippen LogP contribution >= 0.6 is 0 Å². The number of aryl methyl sites for hydroxylation is 2. The summed E-state index contributed by atoms with van der Waals surface area (Å²) in [4.78, 5) is 16.6. The van der Waals surface area contributed by atoms with Crippen molar-refractivity contribution in [2.24, 2.45) is 0 Å². The van der Waals surface area contributed by atoms with Crippen LogP contribution in [0.25, 0.3) is 11.5 Å². The molecule has 0 spiro atoms. The number of pyridine rings is 1. The summed E-state index contributed by atoms with van der Waals surface area (Å²) in [7, 11) is 0. The van der Waals surface area contributed by atoms with Crippen molar-refractivity contribution in [3.63, 3.8) is 0 Å². The van der Waals surface area contributed by atoms with Crippen molar-refractivity contribution in [3.8, 4) is 11.5 Å². The zero-order chi connectivity index (χ0) is 12.9. The number of nitrogens with zero attached hydrogens (tertiary/aromatic N) is 5. The fraction of sp³-hybridized carbons (Fsp3) is 0.154. The number of hydrogen-bond acceptors (Lipinski definition) is 6. The van der Waals surface area contributed by atoms with Crippen LogP contribution in [0.4, 0.5) is 0 Å². The molecular weight excluding hydrogens is 242 g/mol. The first-order valence-electron chi connectivity index (χ1n) is 5.91. The maximum Gasteiger partial charge on any atom is 0.227 e. The van der Waals surface area contributed by atoms with Gasteiger partial charge in [0, 0.05) is 30.7 Å². The van der Waals surface area contributed by atoms with E-state index in [1.807, 2.05) is 18.2 Å². The van der Waals surface area contributed by atoms with Gasteiger partial charge < -0.3 is 4.52 Å². The highest BCUT2D eigenvalue weighted by molar-refractivity contribution is 5.45. The molecule has 0 unspecified atom stereocenters. The summed E-state index contributed by atoms with van der Waals surface area (Å²) in [6, 6.07) is 5.82. The van der Waals surface area contributed by atoms with Gasteiger partial charge in [0.2, 0.25) is 11.7 Å². The van der Waals surface area contributed by atoms with Gasteiger partial charge in [-0.1, -0.05) is 11.2 Å². The third-order valence-corrected chi connectivity index (χ3v) is 2.58. The number of hydrogen-bond donors (Lipinski definition) is 0. The van der Waals surface area contributed by atoms with Crippen LogP contribution in [-0.4, -0.2) is 25.1 Å². The molecule has 0 fully saturated rings. The van der Waals surface area contributed by atoms with E-state index in [0.717, 1.165) is 12.1 Å². The fourth-order valence-electron chi connectivity index (χ4n) is 1.66. The predicted molar refractivity (Wildman–Crippen MR) is 67.0 cm³/mol. The van der Waals surface area contributed by atoms with Crippen molar-refractivity contribution in [2.75, 3.05) is 0 Å². The third kappa shape index (κ3) is 2.79. The molecule has 0 aromatic carbocycles. The first-order chi connectivity index (χ1) is 9.42. The molecule has 3 heterocycles. The van der Waals surface area contributed by atoms with Gasteiger partial charge in [0.15, 0.2) is 0 Å². The van der Waals surface area contributed by atoms with Crippen molar-refractivity contribution in [2.45, 2.75) is 12.8 Å². The van der Waals surface area contributed by atoms with Gasteiger partial charge in [-0.25, -0.2) is 4.98 Å². The summed E-state index contributed by atoms with van der Waals surface area (Å²) < 4.78 is 5.18. The van der Waals surface area contributed by atoms with Gasteiger partial charge in [0.1, 0.15) is 5.69 Å². The van der Waals surface area contributed by atoms with E-state index in [1.165, 1.54) is 0 Å². The first kappa shape index (κ1) is 11.5. The summed E-state index contributed by atoms with van der Waals surface area (Å²) in [6.07, 6.45) is 8.00. The lowest BCUT2D eigenvalue weighted by molar-refractivity contribution is 0.378. The Labute approximate surface area is 109 Å². The maximum atomic E-state index is 5.18. The van der Waals surface area contributed by atoms with E-state index in [0.29, 0.717) is 23.8 Å². The quantitative estimate of drug-likeness (QED) is 0.704. The molecule has 0 saturated carbocycles. The normalized spacial score (nSPS) is 10.5. The van der Waals surface area contributed by atoms with E-state index in [-0.39, 0.29) is 0 Å². The van der Waals surface area contributed by atoms with Crippen LogP contribution in [0.15, 0.2) is 47.5 Å². The minimum atomic E-state index is 0.462. The molecule has 94 valence electrons. The topological polar surface area (TPSA) is 77.6 Å². The van der Waals surface area contributed by atoms with Crippen molar-refractivity contribution < 1.29 is 4.52 Å². The van der Waals surface area contributed by atoms with E-state index in [2.05, 4.69) is 25.1 Å². The molecular formula is C13H11N5O. The Balaban J connectivity index is 1.69. The molecule has 0 aliphatic rings. The lowest BCUT2D eigenvalue weighted by atomic mass is 10.2. The van der Waals surface area contributed by atoms with Gasteiger partial charge in [-0.15, -0.1) is 0 Å². The second-order valence-electron chi connectivity index (χ2n) is 3.92. The van der Waals surface area contributed by atoms with E-state index < -0.39 is 0 Å². The molecule has 0 aliphatic carbocycles. The van der Waals surface area contributed by atoms with E-state index >= 15 is 0 Å². The molecule has 0 aliphatic heterocycles. The van der Waals surface area contributed by atoms with Gasteiger partial charge >= 0.3 is 0 Å². The standard InChI is InChI=1S/C13H11N5O/c1-2-6-15-10(3-1)4-5-12-17-13(18-19-12)11-9-14-7-8-16-11/h1-3,6-9H,4-5H2. The summed E-state index contributed by atoms with van der Waals surface area (Å²) in [5, 5.41) is 3.89. The molecule has 0 bridgehead atoms. The van der Waals surface area contributed by atoms with Crippen LogP contribution in [0.2, 0.25) is 0 Å². The molecule has 0 atom stereocenters. The van der Waals surface area contributed by atoms with E-state index in [4.69, 9.17) is 4.52 Å². The maximum absolute atomic E-state index is 5.18. The third-order valence-electron chi connectivity index (χ3n) is 2.58. The van der Waals surface area contributed by atoms with Gasteiger partial charge in [-0.05, 0) is 18.6 Å². The Morgan fingerprint density at radius 1 is 1.00 bits per heavy atom. The van der Waals surface area contributed by atoms with Gasteiger partial charge in [-0.3, -0.25) is 9.97 Å². The van der Waals surface area contributed by atoms with Crippen LogP contribution in [0, 0.1) is 0 Å². The lowest BCUT2D eigenvalue weighted by Crippen LogP contribution is -1.94. The zero-order valence-electron chi connectivity index (χ0n) is 10.1. The van der Waals surface area contributed by atoms with Crippen LogP contribution in [-0.2, 0) is 12.8 Å². The van der Waals surface area contributed by atoms with Gasteiger partial charge in [-0.2, -0.15) is 4.98 Å². The van der Waals surface area contributed by atoms with Crippen molar-refractivity contribution in [1.29, 1.82) is 0 Å². The van der Waals surface area contributed by atoms with Crippen molar-refractivity contribution >= 4 is 0 Å². The summed E-state index contributed by atoms with van der Waals surface area (Å²) >= 11 is 0. The molecule has 6 nitrogen and oxygen atoms in total. The van der Waals surface area contributed by atoms with Gasteiger partial charge in [0.25, 0.3) is 0 Å². The van der Waals surface area contributed by atoms with Gasteiger partial charge in [0.05, 0.1) is 6.20 Å². The van der Waals surface area contributed by atoms with E-state index in [1.54, 1.807) is 24.8 Å². The van der Waals surface area contributed by atoms with E-state index in [9.17, 15) is 0 Å². The number of aromatic nitrogens is 5. The molecule has 3 rings (SSSR count). The highest BCUT2D eigenvalue weighted by Crippen LogP contribution is 2.11. The summed E-state index contributed by atoms with van der Waals surface area (Å²) in [6.45, 7) is 0. The Kier molecular flexibility index (Phi) is 3.22. The molecule has 0 radical (unpaired) electrons. The monoisotopic (exact) mass is 253 g/mol. The van der Waals surface area contributed by atoms with Crippen LogP contribution in [0.5, 0.6) is 0 Å². The molecule has 0 amide bonds. The second kappa shape index (κ2) is 5.34. The molecule has 19 heavy (non-hydrogen) atoms. The van der Waals surface area contributed by atoms with Crippen molar-refractivity contribution in [3.05, 3.63) is 54.6 Å². The lowest BCUT2D eigenvalue weighted by Gasteiger charge is -1.95. The zero-order valence-corrected chi connectivity index (χ0v) is 10.1. The number of rotatable bonds is 4. The molecule has 3 aromatic heterocycles. The molecule has 6 heteroatoms. The fourth-order valence-corrected chi connectivity index (χ4v) is 1.66. The Morgan fingerprint density at radius 2 is 2.00 bits per heavy atom. The average Bonchev–Trinajstić information content (AvgIpc) is 2.96. The largest absolute Gasteiger partial charge is 0.339 e. The minimum Gasteiger partial charge on any atom is -0.339 e. The minimum absolute atomic E-state index is 0.462. The summed E-state index contributed by atoms with van der Waals surface area (Å²) in [5.74, 6) is 1.04. The Hall–Kier alpha value is -2.63. The Morgan fingerprint density at radius 3 is 2.79 bits per heavy atom. The molecule has 0 saturated heterocycles. The molecule has 3 aromatic rings. The average molecular weight is 253 g/mol. The smallest absolute Gasteiger partial charge is 0.227 e. The Bertz CT molecular complexity index is 638. The van der Waals surface area contributed by atoms with Crippen molar-refractivity contribution in [1.82, 2.24) is 25.1 Å². The first-order valence-corrected chi connectivity index (χ1v) is 5.91. The van der Waals surface area contributed by atoms with Crippen LogP contribution in [0.3, 0.4) is 0 Å². The second-order valence-corrected chi connectivity index (χ2v) is 3.92.